The zero-order valence-corrected chi connectivity index (χ0v) is 9.41. The molecule has 0 bridgehead atoms. The summed E-state index contributed by atoms with van der Waals surface area (Å²) in [5.74, 6) is -0.319. The molecule has 1 fully saturated rings. The maximum atomic E-state index is 12.1. The standard InChI is InChI=1S/C12H11F3NO2/c13-12(14,15)18-10-4-1-3-9(7-10)11(8-17)16-5-2-6-16/h1,3-4,7,11H,2,5-6H2. The van der Waals surface area contributed by atoms with Crippen LogP contribution in [0.5, 0.6) is 5.75 Å². The van der Waals surface area contributed by atoms with Crippen molar-refractivity contribution >= 4 is 6.29 Å². The van der Waals surface area contributed by atoms with Gasteiger partial charge in [0, 0.05) is 13.1 Å². The number of halogens is 3. The van der Waals surface area contributed by atoms with Crippen LogP contribution in [-0.4, -0.2) is 30.6 Å². The molecule has 1 atom stereocenters. The van der Waals surface area contributed by atoms with Gasteiger partial charge in [0.1, 0.15) is 11.8 Å². The van der Waals surface area contributed by atoms with Gasteiger partial charge >= 0.3 is 6.36 Å². The van der Waals surface area contributed by atoms with Gasteiger partial charge < -0.3 is 4.74 Å². The maximum Gasteiger partial charge on any atom is 0.573 e. The molecule has 18 heavy (non-hydrogen) atoms. The predicted octanol–water partition coefficient (Wildman–Crippen LogP) is 2.44. The summed E-state index contributed by atoms with van der Waals surface area (Å²) in [6.45, 7) is 1.51. The van der Waals surface area contributed by atoms with Crippen LogP contribution in [0.2, 0.25) is 0 Å². The van der Waals surface area contributed by atoms with Crippen LogP contribution in [0.1, 0.15) is 18.0 Å². The van der Waals surface area contributed by atoms with E-state index in [9.17, 15) is 18.0 Å². The SMILES string of the molecule is O=[C]C(c1cccc(OC(F)(F)F)c1)N1CCC1. The highest BCUT2D eigenvalue weighted by Gasteiger charge is 2.32. The van der Waals surface area contributed by atoms with Gasteiger partial charge in [-0.2, -0.15) is 0 Å². The number of rotatable bonds is 4. The third kappa shape index (κ3) is 3.01. The van der Waals surface area contributed by atoms with Gasteiger partial charge in [0.2, 0.25) is 6.29 Å². The molecule has 0 aliphatic carbocycles. The third-order valence-electron chi connectivity index (χ3n) is 2.77. The number of likely N-dealkylation sites (tertiary alicyclic amines) is 1. The monoisotopic (exact) mass is 258 g/mol. The molecular formula is C12H11F3NO2. The van der Waals surface area contributed by atoms with Gasteiger partial charge in [0.25, 0.3) is 0 Å². The number of alkyl halides is 3. The average Bonchev–Trinajstić information content (AvgIpc) is 2.21. The molecule has 0 amide bonds. The lowest BCUT2D eigenvalue weighted by atomic mass is 10.0. The van der Waals surface area contributed by atoms with Gasteiger partial charge in [-0.05, 0) is 24.1 Å². The molecule has 6 heteroatoms. The quantitative estimate of drug-likeness (QED) is 0.830. The number of ether oxygens (including phenoxy) is 1. The van der Waals surface area contributed by atoms with Crippen LogP contribution in [0.4, 0.5) is 13.2 Å². The van der Waals surface area contributed by atoms with E-state index in [2.05, 4.69) is 4.74 Å². The fourth-order valence-corrected chi connectivity index (χ4v) is 1.83. The number of hydrogen-bond acceptors (Lipinski definition) is 3. The van der Waals surface area contributed by atoms with Crippen LogP contribution in [0.3, 0.4) is 0 Å². The molecule has 1 aliphatic rings. The summed E-state index contributed by atoms with van der Waals surface area (Å²) in [4.78, 5) is 12.8. The van der Waals surface area contributed by atoms with E-state index in [4.69, 9.17) is 0 Å². The third-order valence-corrected chi connectivity index (χ3v) is 2.77. The summed E-state index contributed by atoms with van der Waals surface area (Å²) in [7, 11) is 0. The molecule has 1 unspecified atom stereocenters. The van der Waals surface area contributed by atoms with Gasteiger partial charge in [-0.1, -0.05) is 12.1 Å². The number of carbonyl (C=O) groups excluding carboxylic acids is 1. The second-order valence-electron chi connectivity index (χ2n) is 4.03. The van der Waals surface area contributed by atoms with E-state index >= 15 is 0 Å². The van der Waals surface area contributed by atoms with Crippen molar-refractivity contribution in [3.63, 3.8) is 0 Å². The minimum absolute atomic E-state index is 0.319. The first-order chi connectivity index (χ1) is 8.49. The fraction of sp³-hybridized carbons (Fsp3) is 0.417. The summed E-state index contributed by atoms with van der Waals surface area (Å²) in [6, 6.07) is 4.84. The van der Waals surface area contributed by atoms with Crippen LogP contribution in [-0.2, 0) is 4.79 Å². The van der Waals surface area contributed by atoms with Crippen LogP contribution >= 0.6 is 0 Å². The zero-order chi connectivity index (χ0) is 13.2. The Balaban J connectivity index is 2.17. The normalized spacial score (nSPS) is 17.9. The van der Waals surface area contributed by atoms with Crippen molar-refractivity contribution in [2.75, 3.05) is 13.1 Å². The lowest BCUT2D eigenvalue weighted by molar-refractivity contribution is -0.274. The Labute approximate surface area is 102 Å². The summed E-state index contributed by atoms with van der Waals surface area (Å²) in [6.07, 6.45) is -1.89. The Morgan fingerprint density at radius 1 is 1.33 bits per heavy atom. The van der Waals surface area contributed by atoms with Crippen molar-refractivity contribution in [2.24, 2.45) is 0 Å². The highest BCUT2D eigenvalue weighted by molar-refractivity contribution is 5.63. The zero-order valence-electron chi connectivity index (χ0n) is 9.41. The van der Waals surface area contributed by atoms with Crippen molar-refractivity contribution in [3.05, 3.63) is 29.8 Å². The van der Waals surface area contributed by atoms with Crippen LogP contribution in [0.25, 0.3) is 0 Å². The smallest absolute Gasteiger partial charge is 0.406 e. The first-order valence-electron chi connectivity index (χ1n) is 5.47. The van der Waals surface area contributed by atoms with Crippen LogP contribution in [0.15, 0.2) is 24.3 Å². The molecule has 2 rings (SSSR count). The molecule has 0 saturated carbocycles. The van der Waals surface area contributed by atoms with Gasteiger partial charge in [-0.25, -0.2) is 0 Å². The Morgan fingerprint density at radius 3 is 2.56 bits per heavy atom. The van der Waals surface area contributed by atoms with E-state index in [1.54, 1.807) is 6.07 Å². The second kappa shape index (κ2) is 4.97. The molecule has 1 aromatic rings. The van der Waals surface area contributed by atoms with E-state index in [0.717, 1.165) is 19.5 Å². The number of benzene rings is 1. The molecule has 3 nitrogen and oxygen atoms in total. The van der Waals surface area contributed by atoms with Crippen molar-refractivity contribution in [1.82, 2.24) is 4.90 Å². The van der Waals surface area contributed by atoms with E-state index in [0.29, 0.717) is 5.56 Å². The molecule has 1 aromatic carbocycles. The molecule has 0 aromatic heterocycles. The highest BCUT2D eigenvalue weighted by Crippen LogP contribution is 2.28. The van der Waals surface area contributed by atoms with Crippen molar-refractivity contribution in [1.29, 1.82) is 0 Å². The molecule has 0 spiro atoms. The van der Waals surface area contributed by atoms with E-state index in [1.807, 2.05) is 11.2 Å². The van der Waals surface area contributed by atoms with E-state index in [-0.39, 0.29) is 5.75 Å². The van der Waals surface area contributed by atoms with E-state index in [1.165, 1.54) is 18.2 Å². The topological polar surface area (TPSA) is 29.5 Å². The van der Waals surface area contributed by atoms with Crippen molar-refractivity contribution in [3.8, 4) is 5.75 Å². The summed E-state index contributed by atoms with van der Waals surface area (Å²) in [5.41, 5.74) is 0.464. The molecule has 1 saturated heterocycles. The number of hydrogen-bond donors (Lipinski definition) is 0. The lowest BCUT2D eigenvalue weighted by Gasteiger charge is -2.35. The fourth-order valence-electron chi connectivity index (χ4n) is 1.83. The first-order valence-corrected chi connectivity index (χ1v) is 5.47. The van der Waals surface area contributed by atoms with Gasteiger partial charge in [-0.3, -0.25) is 9.69 Å². The second-order valence-corrected chi connectivity index (χ2v) is 4.03. The Hall–Kier alpha value is -1.56. The Morgan fingerprint density at radius 2 is 2.06 bits per heavy atom. The summed E-state index contributed by atoms with van der Waals surface area (Å²) in [5, 5.41) is 0. The van der Waals surface area contributed by atoms with Gasteiger partial charge in [-0.15, -0.1) is 13.2 Å². The maximum absolute atomic E-state index is 12.1. The molecule has 1 heterocycles. The summed E-state index contributed by atoms with van der Waals surface area (Å²) >= 11 is 0. The number of nitrogens with zero attached hydrogens (tertiary/aromatic N) is 1. The molecule has 97 valence electrons. The predicted molar refractivity (Wildman–Crippen MR) is 57.7 cm³/mol. The highest BCUT2D eigenvalue weighted by atomic mass is 19.4. The van der Waals surface area contributed by atoms with Crippen LogP contribution in [0, 0.1) is 0 Å². The molecule has 1 aliphatic heterocycles. The minimum atomic E-state index is -4.73. The van der Waals surface area contributed by atoms with Crippen molar-refractivity contribution in [2.45, 2.75) is 18.8 Å². The first kappa shape index (κ1) is 12.9. The molecule has 1 radical (unpaired) electrons. The lowest BCUT2D eigenvalue weighted by Crippen LogP contribution is -2.40. The van der Waals surface area contributed by atoms with E-state index < -0.39 is 12.4 Å². The molecule has 0 N–H and O–H groups in total. The molecular weight excluding hydrogens is 247 g/mol. The van der Waals surface area contributed by atoms with Crippen LogP contribution < -0.4 is 4.74 Å². The largest absolute Gasteiger partial charge is 0.573 e. The van der Waals surface area contributed by atoms with Gasteiger partial charge in [0.05, 0.1) is 0 Å². The van der Waals surface area contributed by atoms with Gasteiger partial charge in [0.15, 0.2) is 0 Å². The Bertz CT molecular complexity index is 430. The van der Waals surface area contributed by atoms with Crippen molar-refractivity contribution < 1.29 is 22.7 Å². The minimum Gasteiger partial charge on any atom is -0.406 e. The Kier molecular flexibility index (Phi) is 3.56. The average molecular weight is 258 g/mol. The summed E-state index contributed by atoms with van der Waals surface area (Å²) < 4.78 is 40.1.